The minimum absolute atomic E-state index is 0.103. The first-order chi connectivity index (χ1) is 11.8. The van der Waals surface area contributed by atoms with Crippen LogP contribution in [0.5, 0.6) is 0 Å². The van der Waals surface area contributed by atoms with Crippen LogP contribution in [0.4, 0.5) is 4.39 Å². The molecule has 5 nitrogen and oxygen atoms in total. The van der Waals surface area contributed by atoms with Crippen molar-refractivity contribution in [2.45, 2.75) is 13.3 Å². The molecule has 2 heterocycles. The lowest BCUT2D eigenvalue weighted by Crippen LogP contribution is -2.25. The fourth-order valence-corrected chi connectivity index (χ4v) is 4.11. The SMILES string of the molecule is COC(=O)c1c(Cc2ccc(I)cc2F)n(C)c(=O)c2nc(C)sc12. The zero-order valence-corrected chi connectivity index (χ0v) is 16.7. The van der Waals surface area contributed by atoms with E-state index in [1.165, 1.54) is 29.1 Å². The van der Waals surface area contributed by atoms with E-state index in [1.807, 2.05) is 22.6 Å². The summed E-state index contributed by atoms with van der Waals surface area (Å²) >= 11 is 3.28. The van der Waals surface area contributed by atoms with Crippen LogP contribution in [0.1, 0.15) is 26.6 Å². The van der Waals surface area contributed by atoms with E-state index in [4.69, 9.17) is 4.74 Å². The van der Waals surface area contributed by atoms with Gasteiger partial charge in [0, 0.05) is 22.7 Å². The van der Waals surface area contributed by atoms with E-state index in [0.29, 0.717) is 21.0 Å². The number of hydrogen-bond acceptors (Lipinski definition) is 5. The van der Waals surface area contributed by atoms with Gasteiger partial charge in [0.1, 0.15) is 11.3 Å². The van der Waals surface area contributed by atoms with Crippen molar-refractivity contribution in [3.63, 3.8) is 0 Å². The number of benzene rings is 1. The van der Waals surface area contributed by atoms with Gasteiger partial charge in [-0.15, -0.1) is 11.3 Å². The summed E-state index contributed by atoms with van der Waals surface area (Å²) in [6.45, 7) is 1.77. The Kier molecular flexibility index (Phi) is 4.92. The van der Waals surface area contributed by atoms with Gasteiger partial charge in [-0.25, -0.2) is 14.2 Å². The summed E-state index contributed by atoms with van der Waals surface area (Å²) in [5.41, 5.74) is 1.00. The third-order valence-corrected chi connectivity index (χ3v) is 5.58. The summed E-state index contributed by atoms with van der Waals surface area (Å²) in [6.07, 6.45) is 0.103. The van der Waals surface area contributed by atoms with Gasteiger partial charge in [0.05, 0.1) is 22.4 Å². The summed E-state index contributed by atoms with van der Waals surface area (Å²) in [7, 11) is 2.84. The fraction of sp³-hybridized carbons (Fsp3) is 0.235. The Labute approximate surface area is 160 Å². The van der Waals surface area contributed by atoms with Gasteiger partial charge in [-0.2, -0.15) is 0 Å². The molecule has 0 saturated carbocycles. The Morgan fingerprint density at radius 3 is 2.80 bits per heavy atom. The molecule has 130 valence electrons. The number of hydrogen-bond donors (Lipinski definition) is 0. The number of esters is 1. The van der Waals surface area contributed by atoms with Crippen LogP contribution in [0.3, 0.4) is 0 Å². The topological polar surface area (TPSA) is 61.2 Å². The van der Waals surface area contributed by atoms with Crippen molar-refractivity contribution in [1.82, 2.24) is 9.55 Å². The average Bonchev–Trinajstić information content (AvgIpc) is 2.95. The summed E-state index contributed by atoms with van der Waals surface area (Å²) < 4.78 is 21.8. The van der Waals surface area contributed by atoms with Crippen molar-refractivity contribution in [2.75, 3.05) is 7.11 Å². The maximum absolute atomic E-state index is 14.3. The van der Waals surface area contributed by atoms with E-state index >= 15 is 0 Å². The number of halogens is 2. The van der Waals surface area contributed by atoms with Crippen molar-refractivity contribution < 1.29 is 13.9 Å². The van der Waals surface area contributed by atoms with E-state index in [9.17, 15) is 14.0 Å². The van der Waals surface area contributed by atoms with Gasteiger partial charge in [0.25, 0.3) is 5.56 Å². The Morgan fingerprint density at radius 1 is 1.44 bits per heavy atom. The monoisotopic (exact) mass is 472 g/mol. The van der Waals surface area contributed by atoms with E-state index in [0.717, 1.165) is 3.57 Å². The second-order valence-corrected chi connectivity index (χ2v) is 7.95. The number of pyridine rings is 1. The number of nitrogens with zero attached hydrogens (tertiary/aromatic N) is 2. The van der Waals surface area contributed by atoms with Crippen LogP contribution in [-0.4, -0.2) is 22.6 Å². The molecule has 0 spiro atoms. The van der Waals surface area contributed by atoms with Gasteiger partial charge in [0.2, 0.25) is 0 Å². The molecule has 3 aromatic rings. The lowest BCUT2D eigenvalue weighted by molar-refractivity contribution is 0.0601. The van der Waals surface area contributed by atoms with Gasteiger partial charge >= 0.3 is 5.97 Å². The Morgan fingerprint density at radius 2 is 2.16 bits per heavy atom. The Balaban J connectivity index is 2.31. The van der Waals surface area contributed by atoms with E-state index in [2.05, 4.69) is 4.98 Å². The summed E-state index contributed by atoms with van der Waals surface area (Å²) in [5, 5.41) is 0.676. The van der Waals surface area contributed by atoms with E-state index in [-0.39, 0.29) is 28.9 Å². The smallest absolute Gasteiger partial charge is 0.341 e. The van der Waals surface area contributed by atoms with Crippen molar-refractivity contribution in [3.05, 3.63) is 59.8 Å². The van der Waals surface area contributed by atoms with Gasteiger partial charge in [0.15, 0.2) is 0 Å². The van der Waals surface area contributed by atoms with Crippen molar-refractivity contribution >= 4 is 50.1 Å². The number of aromatic nitrogens is 2. The second-order valence-electron chi connectivity index (χ2n) is 5.50. The van der Waals surface area contributed by atoms with Crippen LogP contribution < -0.4 is 5.56 Å². The molecule has 0 N–H and O–H groups in total. The molecule has 0 aliphatic heterocycles. The first-order valence-electron chi connectivity index (χ1n) is 7.34. The summed E-state index contributed by atoms with van der Waals surface area (Å²) in [6, 6.07) is 4.86. The molecule has 0 radical (unpaired) electrons. The zero-order chi connectivity index (χ0) is 18.3. The molecule has 0 atom stereocenters. The highest BCUT2D eigenvalue weighted by atomic mass is 127. The first-order valence-corrected chi connectivity index (χ1v) is 9.24. The number of aryl methyl sites for hydroxylation is 1. The number of methoxy groups -OCH3 is 1. The number of carbonyl (C=O) groups is 1. The predicted octanol–water partition coefficient (Wildman–Crippen LogP) is 3.42. The molecule has 0 amide bonds. The molecule has 0 unspecified atom stereocenters. The van der Waals surface area contributed by atoms with Crippen LogP contribution in [0, 0.1) is 16.3 Å². The number of thiazole rings is 1. The molecule has 1 aromatic carbocycles. The molecule has 0 bridgehead atoms. The second kappa shape index (κ2) is 6.83. The molecule has 0 aliphatic carbocycles. The van der Waals surface area contributed by atoms with Crippen LogP contribution in [0.25, 0.3) is 10.2 Å². The molecule has 25 heavy (non-hydrogen) atoms. The van der Waals surface area contributed by atoms with Gasteiger partial charge < -0.3 is 9.30 Å². The highest BCUT2D eigenvalue weighted by Crippen LogP contribution is 2.28. The fourth-order valence-electron chi connectivity index (χ4n) is 2.69. The van der Waals surface area contributed by atoms with Crippen LogP contribution in [0.2, 0.25) is 0 Å². The minimum Gasteiger partial charge on any atom is -0.465 e. The number of rotatable bonds is 3. The predicted molar refractivity (Wildman–Crippen MR) is 103 cm³/mol. The molecule has 2 aromatic heterocycles. The molecule has 0 aliphatic rings. The van der Waals surface area contributed by atoms with E-state index in [1.54, 1.807) is 26.1 Å². The van der Waals surface area contributed by atoms with Crippen molar-refractivity contribution in [3.8, 4) is 0 Å². The largest absolute Gasteiger partial charge is 0.465 e. The van der Waals surface area contributed by atoms with Gasteiger partial charge in [-0.3, -0.25) is 4.79 Å². The molecule has 0 saturated heterocycles. The Bertz CT molecular complexity index is 1060. The molecule has 8 heteroatoms. The van der Waals surface area contributed by atoms with Crippen LogP contribution in [-0.2, 0) is 18.2 Å². The van der Waals surface area contributed by atoms with Crippen molar-refractivity contribution in [2.24, 2.45) is 7.05 Å². The number of ether oxygens (including phenoxy) is 1. The number of carbonyl (C=O) groups excluding carboxylic acids is 1. The van der Waals surface area contributed by atoms with Gasteiger partial charge in [-0.05, 0) is 47.2 Å². The first kappa shape index (κ1) is 18.0. The third-order valence-electron chi connectivity index (χ3n) is 3.92. The summed E-state index contributed by atoms with van der Waals surface area (Å²) in [5.74, 6) is -0.944. The standard InChI is InChI=1S/C17H14FIN2O3S/c1-8-20-14-15(25-8)13(17(23)24-3)12(21(2)16(14)22)6-9-4-5-10(19)7-11(9)18/h4-5,7H,6H2,1-3H3. The Hall–Kier alpha value is -1.81. The van der Waals surface area contributed by atoms with Crippen LogP contribution >= 0.6 is 33.9 Å². The maximum Gasteiger partial charge on any atom is 0.341 e. The van der Waals surface area contributed by atoms with E-state index < -0.39 is 5.97 Å². The maximum atomic E-state index is 14.3. The van der Waals surface area contributed by atoms with Gasteiger partial charge in [-0.1, -0.05) is 6.07 Å². The quantitative estimate of drug-likeness (QED) is 0.433. The van der Waals surface area contributed by atoms with Crippen molar-refractivity contribution in [1.29, 1.82) is 0 Å². The molecule has 0 fully saturated rings. The average molecular weight is 472 g/mol. The molecular formula is C17H14FIN2O3S. The summed E-state index contributed by atoms with van der Waals surface area (Å²) in [4.78, 5) is 29.2. The molecule has 3 rings (SSSR count). The lowest BCUT2D eigenvalue weighted by atomic mass is 10.0. The highest BCUT2D eigenvalue weighted by molar-refractivity contribution is 14.1. The highest BCUT2D eigenvalue weighted by Gasteiger charge is 2.24. The zero-order valence-electron chi connectivity index (χ0n) is 13.7. The number of fused-ring (bicyclic) bond motifs is 1. The third kappa shape index (κ3) is 3.20. The normalized spacial score (nSPS) is 11.1. The van der Waals surface area contributed by atoms with Crippen LogP contribution in [0.15, 0.2) is 23.0 Å². The lowest BCUT2D eigenvalue weighted by Gasteiger charge is -2.14. The minimum atomic E-state index is -0.565. The molecular weight excluding hydrogens is 458 g/mol.